The topological polar surface area (TPSA) is 85.4 Å². The maximum Gasteiger partial charge on any atom is 0.298 e. The number of hydrogen-bond acceptors (Lipinski definition) is 6. The van der Waals surface area contributed by atoms with Crippen LogP contribution in [0.3, 0.4) is 0 Å². The van der Waals surface area contributed by atoms with Crippen LogP contribution in [-0.4, -0.2) is 47.2 Å². The van der Waals surface area contributed by atoms with Crippen LogP contribution in [0.4, 0.5) is 6.01 Å². The highest BCUT2D eigenvalue weighted by Gasteiger charge is 2.25. The van der Waals surface area contributed by atoms with Crippen LogP contribution in [0.2, 0.25) is 0 Å². The van der Waals surface area contributed by atoms with Crippen molar-refractivity contribution in [2.45, 2.75) is 32.2 Å². The number of ether oxygens (including phenoxy) is 1. The molecular weight excluding hydrogens is 370 g/mol. The number of anilines is 1. The normalized spacial score (nSPS) is 16.9. The molecule has 0 bridgehead atoms. The average Bonchev–Trinajstić information content (AvgIpc) is 3.40. The van der Waals surface area contributed by atoms with Crippen LogP contribution in [-0.2, 0) is 11.3 Å². The van der Waals surface area contributed by atoms with Crippen LogP contribution < -0.4 is 15.0 Å². The van der Waals surface area contributed by atoms with E-state index in [0.29, 0.717) is 24.9 Å². The van der Waals surface area contributed by atoms with Crippen LogP contribution in [0.15, 0.2) is 41.3 Å². The van der Waals surface area contributed by atoms with Crippen molar-refractivity contribution in [2.75, 3.05) is 31.6 Å². The Morgan fingerprint density at radius 2 is 2.34 bits per heavy atom. The number of carbonyl (C=O) groups excluding carboxylic acids is 1. The molecule has 8 heteroatoms. The molecule has 2 aromatic heterocycles. The van der Waals surface area contributed by atoms with Crippen LogP contribution in [0.5, 0.6) is 5.75 Å². The molecule has 8 nitrogen and oxygen atoms in total. The maximum atomic E-state index is 12.3. The van der Waals surface area contributed by atoms with Crippen molar-refractivity contribution in [1.29, 1.82) is 0 Å². The number of carbonyl (C=O) groups is 1. The minimum absolute atomic E-state index is 0.116. The largest absolute Gasteiger partial charge is 0.497 e. The quantitative estimate of drug-likeness (QED) is 0.589. The van der Waals surface area contributed by atoms with Crippen molar-refractivity contribution < 1.29 is 13.9 Å². The van der Waals surface area contributed by atoms with E-state index in [9.17, 15) is 4.79 Å². The summed E-state index contributed by atoms with van der Waals surface area (Å²) in [5, 5.41) is 3.04. The standard InChI is InChI=1S/C21H27N5O3/c1-28-17-5-6-19-18(13-17)24-21(29-19)26-10-2-4-16(14-26)12-20(27)23-7-3-9-25-11-8-22-15-25/h5-6,8,11,13,15-16H,2-4,7,9-10,12,14H2,1H3,(H,23,27). The summed E-state index contributed by atoms with van der Waals surface area (Å²) in [6.45, 7) is 3.22. The fourth-order valence-corrected chi connectivity index (χ4v) is 3.81. The number of hydrogen-bond donors (Lipinski definition) is 1. The zero-order chi connectivity index (χ0) is 20.1. The lowest BCUT2D eigenvalue weighted by Crippen LogP contribution is -2.38. The molecule has 1 saturated heterocycles. The van der Waals surface area contributed by atoms with Crippen LogP contribution in [0.25, 0.3) is 11.1 Å². The molecule has 1 atom stereocenters. The minimum atomic E-state index is 0.116. The second-order valence-corrected chi connectivity index (χ2v) is 7.49. The van der Waals surface area contributed by atoms with E-state index in [1.165, 1.54) is 0 Å². The molecule has 1 amide bonds. The first-order valence-electron chi connectivity index (χ1n) is 10.1. The molecule has 154 valence electrons. The third kappa shape index (κ3) is 4.88. The zero-order valence-electron chi connectivity index (χ0n) is 16.7. The fourth-order valence-electron chi connectivity index (χ4n) is 3.81. The Kier molecular flexibility index (Phi) is 5.97. The number of methoxy groups -OCH3 is 1. The van der Waals surface area contributed by atoms with E-state index in [1.54, 1.807) is 19.6 Å². The molecule has 0 spiro atoms. The fraction of sp³-hybridized carbons (Fsp3) is 0.476. The third-order valence-electron chi connectivity index (χ3n) is 5.32. The molecule has 1 aromatic carbocycles. The molecule has 1 aliphatic heterocycles. The minimum Gasteiger partial charge on any atom is -0.497 e. The van der Waals surface area contributed by atoms with Crippen LogP contribution >= 0.6 is 0 Å². The summed E-state index contributed by atoms with van der Waals surface area (Å²) < 4.78 is 13.2. The molecular formula is C21H27N5O3. The van der Waals surface area contributed by atoms with Crippen molar-refractivity contribution in [3.63, 3.8) is 0 Å². The summed E-state index contributed by atoms with van der Waals surface area (Å²) in [6.07, 6.45) is 9.00. The Bertz CT molecular complexity index is 937. The average molecular weight is 397 g/mol. The van der Waals surface area contributed by atoms with Gasteiger partial charge in [-0.1, -0.05) is 0 Å². The van der Waals surface area contributed by atoms with Gasteiger partial charge in [0.25, 0.3) is 6.01 Å². The Hall–Kier alpha value is -3.03. The number of oxazole rings is 1. The van der Waals surface area contributed by atoms with Crippen molar-refractivity contribution in [1.82, 2.24) is 19.9 Å². The van der Waals surface area contributed by atoms with E-state index in [4.69, 9.17) is 9.15 Å². The zero-order valence-corrected chi connectivity index (χ0v) is 16.7. The third-order valence-corrected chi connectivity index (χ3v) is 5.32. The second-order valence-electron chi connectivity index (χ2n) is 7.49. The van der Waals surface area contributed by atoms with Gasteiger partial charge in [0.15, 0.2) is 5.58 Å². The van der Waals surface area contributed by atoms with Gasteiger partial charge in [-0.05, 0) is 37.3 Å². The van der Waals surface area contributed by atoms with Gasteiger partial charge in [-0.25, -0.2) is 4.98 Å². The van der Waals surface area contributed by atoms with Gasteiger partial charge in [-0.15, -0.1) is 0 Å². The first-order valence-corrected chi connectivity index (χ1v) is 10.1. The van der Waals surface area contributed by atoms with Crippen molar-refractivity contribution >= 4 is 23.0 Å². The Labute approximate surface area is 169 Å². The Balaban J connectivity index is 1.27. The number of imidazole rings is 1. The van der Waals surface area contributed by atoms with Gasteiger partial charge in [0, 0.05) is 51.1 Å². The molecule has 1 N–H and O–H groups in total. The molecule has 0 saturated carbocycles. The van der Waals surface area contributed by atoms with Gasteiger partial charge >= 0.3 is 0 Å². The van der Waals surface area contributed by atoms with Gasteiger partial charge in [0.2, 0.25) is 5.91 Å². The summed E-state index contributed by atoms with van der Waals surface area (Å²) >= 11 is 0. The molecule has 29 heavy (non-hydrogen) atoms. The van der Waals surface area contributed by atoms with E-state index in [0.717, 1.165) is 55.7 Å². The maximum absolute atomic E-state index is 12.3. The van der Waals surface area contributed by atoms with E-state index in [-0.39, 0.29) is 5.91 Å². The number of aromatic nitrogens is 3. The molecule has 4 rings (SSSR count). The van der Waals surface area contributed by atoms with E-state index < -0.39 is 0 Å². The molecule has 3 heterocycles. The van der Waals surface area contributed by atoms with Crippen molar-refractivity contribution in [3.05, 3.63) is 36.9 Å². The SMILES string of the molecule is COc1ccc2oc(N3CCCC(CC(=O)NCCCn4ccnc4)C3)nc2c1. The first-order chi connectivity index (χ1) is 14.2. The van der Waals surface area contributed by atoms with E-state index >= 15 is 0 Å². The van der Waals surface area contributed by atoms with E-state index in [1.807, 2.05) is 29.0 Å². The molecule has 3 aromatic rings. The van der Waals surface area contributed by atoms with Gasteiger partial charge in [-0.2, -0.15) is 4.98 Å². The number of fused-ring (bicyclic) bond motifs is 1. The predicted molar refractivity (Wildman–Crippen MR) is 110 cm³/mol. The Morgan fingerprint density at radius 3 is 3.17 bits per heavy atom. The summed E-state index contributed by atoms with van der Waals surface area (Å²) in [5.74, 6) is 1.19. The van der Waals surface area contributed by atoms with Crippen molar-refractivity contribution in [3.8, 4) is 5.75 Å². The van der Waals surface area contributed by atoms with Crippen LogP contribution in [0.1, 0.15) is 25.7 Å². The highest BCUT2D eigenvalue weighted by atomic mass is 16.5. The highest BCUT2D eigenvalue weighted by molar-refractivity contribution is 5.77. The summed E-state index contributed by atoms with van der Waals surface area (Å²) in [6, 6.07) is 6.25. The van der Waals surface area contributed by atoms with Gasteiger partial charge in [0.1, 0.15) is 11.3 Å². The first kappa shape index (κ1) is 19.3. The van der Waals surface area contributed by atoms with Crippen molar-refractivity contribution in [2.24, 2.45) is 5.92 Å². The summed E-state index contributed by atoms with van der Waals surface area (Å²) in [7, 11) is 1.64. The van der Waals surface area contributed by atoms with E-state index in [2.05, 4.69) is 20.2 Å². The highest BCUT2D eigenvalue weighted by Crippen LogP contribution is 2.29. The lowest BCUT2D eigenvalue weighted by Gasteiger charge is -2.31. The van der Waals surface area contributed by atoms with Crippen LogP contribution in [0, 0.1) is 5.92 Å². The summed E-state index contributed by atoms with van der Waals surface area (Å²) in [4.78, 5) is 23.1. The molecule has 1 unspecified atom stereocenters. The number of amides is 1. The number of benzene rings is 1. The molecule has 1 aliphatic rings. The number of nitrogens with zero attached hydrogens (tertiary/aromatic N) is 4. The lowest BCUT2D eigenvalue weighted by atomic mass is 9.94. The molecule has 1 fully saturated rings. The second kappa shape index (κ2) is 8.98. The smallest absolute Gasteiger partial charge is 0.298 e. The number of nitrogens with one attached hydrogen (secondary N) is 1. The lowest BCUT2D eigenvalue weighted by molar-refractivity contribution is -0.122. The Morgan fingerprint density at radius 1 is 1.41 bits per heavy atom. The van der Waals surface area contributed by atoms with Gasteiger partial charge < -0.3 is 23.9 Å². The number of rotatable bonds is 8. The molecule has 0 aliphatic carbocycles. The molecule has 0 radical (unpaired) electrons. The monoisotopic (exact) mass is 397 g/mol. The van der Waals surface area contributed by atoms with Gasteiger partial charge in [0.05, 0.1) is 13.4 Å². The number of aryl methyl sites for hydroxylation is 1. The van der Waals surface area contributed by atoms with Gasteiger partial charge in [-0.3, -0.25) is 4.79 Å². The number of piperidine rings is 1. The predicted octanol–water partition coefficient (Wildman–Crippen LogP) is 2.85. The summed E-state index contributed by atoms with van der Waals surface area (Å²) in [5.41, 5.74) is 1.54.